The molecule has 0 aliphatic carbocycles. The Hall–Kier alpha value is -1.59. The van der Waals surface area contributed by atoms with Crippen LogP contribution in [0.15, 0.2) is 41.0 Å². The molecule has 1 aliphatic heterocycles. The fourth-order valence-corrected chi connectivity index (χ4v) is 3.53. The molecule has 1 N–H and O–H groups in total. The number of amides is 1. The van der Waals surface area contributed by atoms with Crippen LogP contribution < -0.4 is 5.32 Å². The number of halogens is 1. The van der Waals surface area contributed by atoms with Gasteiger partial charge in [0.2, 0.25) is 5.91 Å². The van der Waals surface area contributed by atoms with Crippen LogP contribution in [-0.2, 0) is 11.3 Å². The van der Waals surface area contributed by atoms with Gasteiger partial charge in [0.15, 0.2) is 0 Å². The molecule has 1 atom stereocenters. The molecule has 1 aromatic heterocycles. The summed E-state index contributed by atoms with van der Waals surface area (Å²) in [4.78, 5) is 14.5. The van der Waals surface area contributed by atoms with Crippen LogP contribution in [0, 0.1) is 6.92 Å². The van der Waals surface area contributed by atoms with Crippen LogP contribution in [0.3, 0.4) is 0 Å². The number of nitrogens with zero attached hydrogens (tertiary/aromatic N) is 2. The second kappa shape index (κ2) is 6.26. The molecule has 0 spiro atoms. The van der Waals surface area contributed by atoms with E-state index in [1.807, 2.05) is 25.1 Å². The Balaban J connectivity index is 1.65. The molecule has 0 saturated carbocycles. The predicted octanol–water partition coefficient (Wildman–Crippen LogP) is 3.57. The third-order valence-electron chi connectivity index (χ3n) is 4.21. The lowest BCUT2D eigenvalue weighted by Crippen LogP contribution is -2.41. The first-order chi connectivity index (χ1) is 10.5. The summed E-state index contributed by atoms with van der Waals surface area (Å²) in [5, 5.41) is 2.99. The summed E-state index contributed by atoms with van der Waals surface area (Å²) in [5.74, 6) is 0.0245. The van der Waals surface area contributed by atoms with E-state index >= 15 is 0 Å². The van der Waals surface area contributed by atoms with Gasteiger partial charge in [0.25, 0.3) is 0 Å². The summed E-state index contributed by atoms with van der Waals surface area (Å²) < 4.78 is 3.18. The van der Waals surface area contributed by atoms with Crippen LogP contribution in [0.25, 0.3) is 0 Å². The average molecular weight is 362 g/mol. The number of aryl methyl sites for hydroxylation is 1. The summed E-state index contributed by atoms with van der Waals surface area (Å²) in [7, 11) is 0. The molecule has 1 unspecified atom stereocenters. The Morgan fingerprint density at radius 2 is 2.18 bits per heavy atom. The van der Waals surface area contributed by atoms with Crippen molar-refractivity contribution in [3.05, 3.63) is 52.3 Å². The molecule has 0 saturated heterocycles. The number of nitrogens with one attached hydrogen (secondary N) is 1. The summed E-state index contributed by atoms with van der Waals surface area (Å²) in [6, 6.07) is 10.4. The SMILES string of the molecule is Cc1ccc(NC(=O)CN2CCn3cccc3C2C)c(Br)c1. The van der Waals surface area contributed by atoms with Crippen molar-refractivity contribution in [3.8, 4) is 0 Å². The van der Waals surface area contributed by atoms with Gasteiger partial charge in [-0.15, -0.1) is 0 Å². The van der Waals surface area contributed by atoms with Crippen LogP contribution in [0.2, 0.25) is 0 Å². The van der Waals surface area contributed by atoms with Crippen molar-refractivity contribution in [2.75, 3.05) is 18.4 Å². The molecule has 0 fully saturated rings. The third kappa shape index (κ3) is 3.10. The van der Waals surface area contributed by atoms with Crippen molar-refractivity contribution >= 4 is 27.5 Å². The number of hydrogen-bond acceptors (Lipinski definition) is 2. The second-order valence-corrected chi connectivity index (χ2v) is 6.66. The number of benzene rings is 1. The Bertz CT molecular complexity index is 695. The zero-order valence-electron chi connectivity index (χ0n) is 12.8. The molecular formula is C17H20BrN3O. The lowest BCUT2D eigenvalue weighted by atomic mass is 10.1. The first kappa shape index (κ1) is 15.3. The van der Waals surface area contributed by atoms with E-state index in [-0.39, 0.29) is 11.9 Å². The van der Waals surface area contributed by atoms with E-state index < -0.39 is 0 Å². The number of carbonyl (C=O) groups is 1. The van der Waals surface area contributed by atoms with Crippen LogP contribution >= 0.6 is 15.9 Å². The average Bonchev–Trinajstić information content (AvgIpc) is 2.94. The van der Waals surface area contributed by atoms with Gasteiger partial charge in [-0.2, -0.15) is 0 Å². The maximum absolute atomic E-state index is 12.3. The molecule has 1 amide bonds. The maximum Gasteiger partial charge on any atom is 0.238 e. The van der Waals surface area contributed by atoms with Crippen molar-refractivity contribution in [1.82, 2.24) is 9.47 Å². The standard InChI is InChI=1S/C17H20BrN3O/c1-12-5-6-15(14(18)10-12)19-17(22)11-21-9-8-20-7-3-4-16(20)13(21)2/h3-7,10,13H,8-9,11H2,1-2H3,(H,19,22). The molecule has 5 heteroatoms. The zero-order chi connectivity index (χ0) is 15.7. The third-order valence-corrected chi connectivity index (χ3v) is 4.87. The first-order valence-corrected chi connectivity index (χ1v) is 8.29. The number of anilines is 1. The largest absolute Gasteiger partial charge is 0.349 e. The van der Waals surface area contributed by atoms with E-state index in [4.69, 9.17) is 0 Å². The smallest absolute Gasteiger partial charge is 0.238 e. The van der Waals surface area contributed by atoms with Crippen LogP contribution in [-0.4, -0.2) is 28.5 Å². The number of aromatic nitrogens is 1. The summed E-state index contributed by atoms with van der Waals surface area (Å²) in [6.45, 7) is 6.42. The molecule has 2 aromatic rings. The van der Waals surface area contributed by atoms with Gasteiger partial charge >= 0.3 is 0 Å². The van der Waals surface area contributed by atoms with Crippen molar-refractivity contribution in [1.29, 1.82) is 0 Å². The Morgan fingerprint density at radius 1 is 1.36 bits per heavy atom. The maximum atomic E-state index is 12.3. The highest BCUT2D eigenvalue weighted by Crippen LogP contribution is 2.26. The van der Waals surface area contributed by atoms with Crippen molar-refractivity contribution < 1.29 is 4.79 Å². The van der Waals surface area contributed by atoms with Gasteiger partial charge < -0.3 is 9.88 Å². The number of rotatable bonds is 3. The molecule has 116 valence electrons. The highest BCUT2D eigenvalue weighted by Gasteiger charge is 2.25. The second-order valence-electron chi connectivity index (χ2n) is 5.80. The minimum atomic E-state index is 0.0245. The van der Waals surface area contributed by atoms with Gasteiger partial charge in [-0.1, -0.05) is 6.07 Å². The number of hydrogen-bond donors (Lipinski definition) is 1. The molecule has 3 rings (SSSR count). The van der Waals surface area contributed by atoms with E-state index in [0.29, 0.717) is 6.54 Å². The quantitative estimate of drug-likeness (QED) is 0.906. The van der Waals surface area contributed by atoms with E-state index in [1.54, 1.807) is 0 Å². The molecule has 0 radical (unpaired) electrons. The van der Waals surface area contributed by atoms with Gasteiger partial charge in [-0.25, -0.2) is 0 Å². The summed E-state index contributed by atoms with van der Waals surface area (Å²) >= 11 is 3.50. The highest BCUT2D eigenvalue weighted by atomic mass is 79.9. The Labute approximate surface area is 139 Å². The fraction of sp³-hybridized carbons (Fsp3) is 0.353. The van der Waals surface area contributed by atoms with Crippen molar-refractivity contribution in [2.24, 2.45) is 0 Å². The lowest BCUT2D eigenvalue weighted by Gasteiger charge is -2.34. The van der Waals surface area contributed by atoms with Crippen LogP contribution in [0.4, 0.5) is 5.69 Å². The minimum Gasteiger partial charge on any atom is -0.349 e. The predicted molar refractivity (Wildman–Crippen MR) is 91.9 cm³/mol. The number of fused-ring (bicyclic) bond motifs is 1. The topological polar surface area (TPSA) is 37.3 Å². The Morgan fingerprint density at radius 3 is 2.95 bits per heavy atom. The molecule has 2 heterocycles. The molecule has 0 bridgehead atoms. The summed E-state index contributed by atoms with van der Waals surface area (Å²) in [6.07, 6.45) is 2.10. The van der Waals surface area contributed by atoms with Gasteiger partial charge in [0.05, 0.1) is 12.2 Å². The molecule has 1 aliphatic rings. The molecule has 1 aromatic carbocycles. The normalized spacial score (nSPS) is 18.0. The lowest BCUT2D eigenvalue weighted by molar-refractivity contribution is -0.118. The van der Waals surface area contributed by atoms with Gasteiger partial charge in [0, 0.05) is 35.5 Å². The molecule has 4 nitrogen and oxygen atoms in total. The monoisotopic (exact) mass is 361 g/mol. The molecular weight excluding hydrogens is 342 g/mol. The van der Waals surface area contributed by atoms with E-state index in [2.05, 4.69) is 56.0 Å². The van der Waals surface area contributed by atoms with Crippen molar-refractivity contribution in [2.45, 2.75) is 26.4 Å². The molecule has 22 heavy (non-hydrogen) atoms. The van der Waals surface area contributed by atoms with Crippen LogP contribution in [0.5, 0.6) is 0 Å². The number of carbonyl (C=O) groups excluding carboxylic acids is 1. The van der Waals surface area contributed by atoms with Crippen molar-refractivity contribution in [3.63, 3.8) is 0 Å². The van der Waals surface area contributed by atoms with Crippen LogP contribution in [0.1, 0.15) is 24.2 Å². The fourth-order valence-electron chi connectivity index (χ4n) is 2.94. The first-order valence-electron chi connectivity index (χ1n) is 7.49. The highest BCUT2D eigenvalue weighted by molar-refractivity contribution is 9.10. The van der Waals surface area contributed by atoms with E-state index in [9.17, 15) is 4.79 Å². The zero-order valence-corrected chi connectivity index (χ0v) is 14.4. The van der Waals surface area contributed by atoms with Gasteiger partial charge in [0.1, 0.15) is 0 Å². The van der Waals surface area contributed by atoms with Gasteiger partial charge in [-0.3, -0.25) is 9.69 Å². The van der Waals surface area contributed by atoms with Gasteiger partial charge in [-0.05, 0) is 59.6 Å². The minimum absolute atomic E-state index is 0.0245. The van der Waals surface area contributed by atoms with E-state index in [1.165, 1.54) is 5.69 Å². The summed E-state index contributed by atoms with van der Waals surface area (Å²) in [5.41, 5.74) is 3.26. The Kier molecular flexibility index (Phi) is 4.36. The van der Waals surface area contributed by atoms with E-state index in [0.717, 1.165) is 28.8 Å².